The van der Waals surface area contributed by atoms with E-state index >= 15 is 0 Å². The van der Waals surface area contributed by atoms with E-state index in [4.69, 9.17) is 21.6 Å². The molecule has 0 fully saturated rings. The van der Waals surface area contributed by atoms with Crippen molar-refractivity contribution in [2.75, 3.05) is 0 Å². The molecule has 0 aliphatic carbocycles. The Bertz CT molecular complexity index is 2080. The molecule has 0 amide bonds. The Morgan fingerprint density at radius 1 is 0.500 bits per heavy atom. The zero-order chi connectivity index (χ0) is 38.5. The van der Waals surface area contributed by atoms with E-state index in [9.17, 15) is 17.6 Å². The van der Waals surface area contributed by atoms with Gasteiger partial charge in [-0.2, -0.15) is 0 Å². The van der Waals surface area contributed by atoms with Crippen LogP contribution < -0.4 is 0 Å². The van der Waals surface area contributed by atoms with Gasteiger partial charge in [-0.15, -0.1) is 0 Å². The third-order valence-electron chi connectivity index (χ3n) is 9.83. The third-order valence-corrected chi connectivity index (χ3v) is 10.0. The first-order valence-corrected chi connectivity index (χ1v) is 18.4. The second-order valence-corrected chi connectivity index (χ2v) is 14.0. The van der Waals surface area contributed by atoms with Crippen LogP contribution in [0.25, 0.3) is 0 Å². The highest BCUT2D eigenvalue weighted by Gasteiger charge is 2.28. The summed E-state index contributed by atoms with van der Waals surface area (Å²) in [6, 6.07) is 32.7. The van der Waals surface area contributed by atoms with Crippen LogP contribution in [0, 0.1) is 30.2 Å². The quantitative estimate of drug-likeness (QED) is 0.0717. The van der Waals surface area contributed by atoms with Gasteiger partial charge >= 0.3 is 0 Å². The summed E-state index contributed by atoms with van der Waals surface area (Å²) in [6.07, 6.45) is 1.63. The fraction of sp³-hybridized carbons (Fsp3) is 0.191. The first-order chi connectivity index (χ1) is 25.9. The summed E-state index contributed by atoms with van der Waals surface area (Å²) in [4.78, 5) is 10.5. The molecule has 6 aromatic rings. The molecule has 0 heterocycles. The number of aryl methyl sites for hydroxylation is 3. The van der Waals surface area contributed by atoms with Crippen molar-refractivity contribution in [1.29, 1.82) is 0 Å². The molecule has 0 N–H and O–H groups in total. The Kier molecular flexibility index (Phi) is 11.9. The van der Waals surface area contributed by atoms with Gasteiger partial charge in [0.05, 0.1) is 22.8 Å². The summed E-state index contributed by atoms with van der Waals surface area (Å²) in [5.41, 5.74) is 10.6. The van der Waals surface area contributed by atoms with E-state index in [2.05, 4.69) is 32.9 Å². The van der Waals surface area contributed by atoms with Crippen LogP contribution in [-0.4, -0.2) is 11.4 Å². The molecule has 0 radical (unpaired) electrons. The van der Waals surface area contributed by atoms with Crippen molar-refractivity contribution in [3.05, 3.63) is 200 Å². The predicted octanol–water partition coefficient (Wildman–Crippen LogP) is 13.6. The first kappa shape index (κ1) is 38.4. The van der Waals surface area contributed by atoms with Gasteiger partial charge in [0, 0.05) is 16.9 Å². The number of nitrogens with zero attached hydrogens (tertiary/aromatic N) is 2. The van der Waals surface area contributed by atoms with Gasteiger partial charge in [0.1, 0.15) is 23.3 Å². The first-order valence-electron chi connectivity index (χ1n) is 18.0. The summed E-state index contributed by atoms with van der Waals surface area (Å²) >= 11 is 7.03. The summed E-state index contributed by atoms with van der Waals surface area (Å²) in [6.45, 7) is 10.2. The molecule has 54 heavy (non-hydrogen) atoms. The predicted molar refractivity (Wildman–Crippen MR) is 214 cm³/mol. The van der Waals surface area contributed by atoms with Crippen LogP contribution in [0.15, 0.2) is 131 Å². The normalized spacial score (nSPS) is 12.2. The molecular formula is C47H41ClF4N2. The zero-order valence-corrected chi connectivity index (χ0v) is 31.7. The van der Waals surface area contributed by atoms with E-state index in [0.29, 0.717) is 33.3 Å². The van der Waals surface area contributed by atoms with Gasteiger partial charge in [0.15, 0.2) is 0 Å². The molecule has 0 bridgehead atoms. The van der Waals surface area contributed by atoms with Crippen molar-refractivity contribution in [2.45, 2.75) is 59.3 Å². The summed E-state index contributed by atoms with van der Waals surface area (Å²) in [5.74, 6) is -2.72. The maximum atomic E-state index is 14.4. The highest BCUT2D eigenvalue weighted by atomic mass is 35.5. The Morgan fingerprint density at radius 2 is 0.796 bits per heavy atom. The van der Waals surface area contributed by atoms with Crippen molar-refractivity contribution in [3.8, 4) is 0 Å². The number of hydrogen-bond donors (Lipinski definition) is 0. The van der Waals surface area contributed by atoms with Gasteiger partial charge < -0.3 is 0 Å². The number of aliphatic imine (C=N–C) groups is 2. The van der Waals surface area contributed by atoms with Gasteiger partial charge in [-0.05, 0) is 139 Å². The molecule has 7 heteroatoms. The molecule has 274 valence electrons. The van der Waals surface area contributed by atoms with Crippen molar-refractivity contribution in [1.82, 2.24) is 0 Å². The van der Waals surface area contributed by atoms with Crippen molar-refractivity contribution >= 4 is 34.4 Å². The molecule has 0 unspecified atom stereocenters. The monoisotopic (exact) mass is 744 g/mol. The molecule has 0 saturated carbocycles. The second-order valence-electron chi connectivity index (χ2n) is 13.5. The average molecular weight is 745 g/mol. The summed E-state index contributed by atoms with van der Waals surface area (Å²) in [7, 11) is 0. The van der Waals surface area contributed by atoms with E-state index in [0.717, 1.165) is 51.9 Å². The minimum absolute atomic E-state index is 0.394. The lowest BCUT2D eigenvalue weighted by Crippen LogP contribution is -2.11. The Balaban J connectivity index is 1.69. The van der Waals surface area contributed by atoms with Gasteiger partial charge in [0.25, 0.3) is 0 Å². The number of benzene rings is 6. The lowest BCUT2D eigenvalue weighted by molar-refractivity contribution is 0.625. The number of rotatable bonds is 11. The molecule has 6 rings (SSSR count). The number of halogens is 5. The Morgan fingerprint density at radius 3 is 1.09 bits per heavy atom. The molecule has 0 aliphatic rings. The average Bonchev–Trinajstić information content (AvgIpc) is 3.16. The third kappa shape index (κ3) is 8.55. The van der Waals surface area contributed by atoms with E-state index in [1.165, 1.54) is 54.1 Å². The standard InChI is InChI=1S/C47H41ClF4N2/c1-6-31-24-28(3)25-32(7-2)46(31)53-29(4)30(5)54-47-42(44(33-8-16-38(49)17-9-33)34-10-18-39(50)19-11-34)26-37(48)27-43(47)45(35-12-20-40(51)21-13-35)36-14-22-41(52)23-15-36/h8-27,44-45H,6-7H2,1-5H3. The summed E-state index contributed by atoms with van der Waals surface area (Å²) in [5, 5.41) is 0.394. The highest BCUT2D eigenvalue weighted by Crippen LogP contribution is 2.46. The number of hydrogen-bond acceptors (Lipinski definition) is 2. The van der Waals surface area contributed by atoms with Crippen LogP contribution >= 0.6 is 11.6 Å². The maximum Gasteiger partial charge on any atom is 0.123 e. The molecule has 0 aliphatic heterocycles. The lowest BCUT2D eigenvalue weighted by Gasteiger charge is -2.27. The van der Waals surface area contributed by atoms with Crippen LogP contribution in [-0.2, 0) is 12.8 Å². The Labute approximate surface area is 319 Å². The van der Waals surface area contributed by atoms with Crippen LogP contribution in [0.5, 0.6) is 0 Å². The molecule has 0 spiro atoms. The second kappa shape index (κ2) is 16.8. The topological polar surface area (TPSA) is 24.7 Å². The molecule has 0 aromatic heterocycles. The fourth-order valence-corrected chi connectivity index (χ4v) is 7.28. The largest absolute Gasteiger partial charge is 0.251 e. The minimum atomic E-state index is -0.565. The zero-order valence-electron chi connectivity index (χ0n) is 30.9. The molecule has 2 nitrogen and oxygen atoms in total. The van der Waals surface area contributed by atoms with E-state index in [1.54, 1.807) is 48.5 Å². The van der Waals surface area contributed by atoms with Crippen molar-refractivity contribution in [3.63, 3.8) is 0 Å². The van der Waals surface area contributed by atoms with Crippen LogP contribution in [0.2, 0.25) is 5.02 Å². The van der Waals surface area contributed by atoms with E-state index in [-0.39, 0.29) is 0 Å². The van der Waals surface area contributed by atoms with Gasteiger partial charge in [-0.3, -0.25) is 9.98 Å². The van der Waals surface area contributed by atoms with Crippen molar-refractivity contribution in [2.24, 2.45) is 9.98 Å². The summed E-state index contributed by atoms with van der Waals surface area (Å²) < 4.78 is 57.5. The van der Waals surface area contributed by atoms with Gasteiger partial charge in [0.2, 0.25) is 0 Å². The molecular weight excluding hydrogens is 704 g/mol. The van der Waals surface area contributed by atoms with Crippen LogP contribution in [0.4, 0.5) is 28.9 Å². The lowest BCUT2D eigenvalue weighted by atomic mass is 9.79. The van der Waals surface area contributed by atoms with Gasteiger partial charge in [-0.25, -0.2) is 17.6 Å². The highest BCUT2D eigenvalue weighted by molar-refractivity contribution is 6.41. The fourth-order valence-electron chi connectivity index (χ4n) is 7.05. The maximum absolute atomic E-state index is 14.4. The van der Waals surface area contributed by atoms with E-state index in [1.807, 2.05) is 26.0 Å². The van der Waals surface area contributed by atoms with Gasteiger partial charge in [-0.1, -0.05) is 91.7 Å². The smallest absolute Gasteiger partial charge is 0.123 e. The minimum Gasteiger partial charge on any atom is -0.251 e. The molecule has 0 saturated heterocycles. The molecule has 0 atom stereocenters. The SMILES string of the molecule is CCc1cc(C)cc(CC)c1N=C(C)C(C)=Nc1c(C(c2ccc(F)cc2)c2ccc(F)cc2)cc(Cl)cc1C(c1ccc(F)cc1)c1ccc(F)cc1. The van der Waals surface area contributed by atoms with Crippen LogP contribution in [0.3, 0.4) is 0 Å². The molecule has 6 aromatic carbocycles. The van der Waals surface area contributed by atoms with Crippen LogP contribution in [0.1, 0.15) is 89.6 Å². The van der Waals surface area contributed by atoms with E-state index < -0.39 is 35.1 Å². The Hall–Kier alpha value is -5.33. The van der Waals surface area contributed by atoms with Crippen molar-refractivity contribution < 1.29 is 17.6 Å².